The number of hydrogen-bond acceptors (Lipinski definition) is 3. The Labute approximate surface area is 120 Å². The van der Waals surface area contributed by atoms with Crippen LogP contribution in [-0.4, -0.2) is 32.1 Å². The highest BCUT2D eigenvalue weighted by molar-refractivity contribution is 7.89. The molecule has 1 saturated heterocycles. The summed E-state index contributed by atoms with van der Waals surface area (Å²) in [5.74, 6) is -0.358. The lowest BCUT2D eigenvalue weighted by molar-refractivity contribution is -0.137. The van der Waals surface area contributed by atoms with E-state index < -0.39 is 21.8 Å². The van der Waals surface area contributed by atoms with Gasteiger partial charge in [0.2, 0.25) is 10.0 Å². The first-order valence-corrected chi connectivity index (χ1v) is 7.82. The number of carbonyl (C=O) groups is 1. The lowest BCUT2D eigenvalue weighted by Crippen LogP contribution is -2.40. The Morgan fingerprint density at radius 1 is 1.19 bits per heavy atom. The van der Waals surface area contributed by atoms with Gasteiger partial charge in [-0.05, 0) is 37.1 Å². The van der Waals surface area contributed by atoms with Gasteiger partial charge in [0, 0.05) is 19.0 Å². The second-order valence-electron chi connectivity index (χ2n) is 4.92. The minimum atomic E-state index is -4.50. The monoisotopic (exact) mass is 321 g/mol. The van der Waals surface area contributed by atoms with Gasteiger partial charge in [0.05, 0.1) is 10.5 Å². The molecular formula is C13H14F3NO3S. The SMILES string of the molecule is O=CC1CCCN(S(=O)(=O)c2ccc(C(F)(F)F)cc2)C1. The molecule has 0 amide bonds. The Balaban J connectivity index is 2.25. The smallest absolute Gasteiger partial charge is 0.303 e. The topological polar surface area (TPSA) is 54.5 Å². The third-order valence-electron chi connectivity index (χ3n) is 3.43. The molecule has 1 aliphatic heterocycles. The molecular weight excluding hydrogens is 307 g/mol. The first-order valence-electron chi connectivity index (χ1n) is 6.38. The highest BCUT2D eigenvalue weighted by Crippen LogP contribution is 2.30. The summed E-state index contributed by atoms with van der Waals surface area (Å²) in [7, 11) is -3.86. The van der Waals surface area contributed by atoms with Crippen LogP contribution < -0.4 is 0 Å². The van der Waals surface area contributed by atoms with Gasteiger partial charge in [-0.2, -0.15) is 17.5 Å². The summed E-state index contributed by atoms with van der Waals surface area (Å²) < 4.78 is 63.2. The minimum Gasteiger partial charge on any atom is -0.303 e. The molecule has 1 atom stereocenters. The number of hydrogen-bond donors (Lipinski definition) is 0. The van der Waals surface area contributed by atoms with Crippen molar-refractivity contribution in [1.82, 2.24) is 4.31 Å². The van der Waals surface area contributed by atoms with Gasteiger partial charge in [0.1, 0.15) is 6.29 Å². The molecule has 0 aromatic heterocycles. The van der Waals surface area contributed by atoms with Crippen LogP contribution in [0.25, 0.3) is 0 Å². The third-order valence-corrected chi connectivity index (χ3v) is 5.31. The normalized spacial score (nSPS) is 21.2. The number of halogens is 3. The third kappa shape index (κ3) is 3.44. The van der Waals surface area contributed by atoms with Crippen molar-refractivity contribution in [3.8, 4) is 0 Å². The maximum atomic E-state index is 12.5. The number of sulfonamides is 1. The van der Waals surface area contributed by atoms with Crippen LogP contribution in [0.2, 0.25) is 0 Å². The second-order valence-corrected chi connectivity index (χ2v) is 6.86. The predicted octanol–water partition coefficient (Wildman–Crippen LogP) is 2.31. The van der Waals surface area contributed by atoms with Crippen LogP contribution in [0.4, 0.5) is 13.2 Å². The van der Waals surface area contributed by atoms with Gasteiger partial charge >= 0.3 is 6.18 Å². The molecule has 8 heteroatoms. The number of aldehydes is 1. The van der Waals surface area contributed by atoms with Crippen molar-refractivity contribution in [2.24, 2.45) is 5.92 Å². The van der Waals surface area contributed by atoms with E-state index >= 15 is 0 Å². The number of rotatable bonds is 3. The van der Waals surface area contributed by atoms with Crippen molar-refractivity contribution in [3.63, 3.8) is 0 Å². The van der Waals surface area contributed by atoms with Crippen molar-refractivity contribution >= 4 is 16.3 Å². The van der Waals surface area contributed by atoms with Crippen LogP contribution in [-0.2, 0) is 21.0 Å². The second kappa shape index (κ2) is 5.76. The summed E-state index contributed by atoms with van der Waals surface area (Å²) in [5.41, 5.74) is -0.897. The first-order chi connectivity index (χ1) is 9.75. The van der Waals surface area contributed by atoms with Crippen LogP contribution in [0, 0.1) is 5.92 Å². The van der Waals surface area contributed by atoms with E-state index in [0.29, 0.717) is 19.1 Å². The zero-order valence-electron chi connectivity index (χ0n) is 11.0. The summed E-state index contributed by atoms with van der Waals surface area (Å²) in [4.78, 5) is 10.6. The van der Waals surface area contributed by atoms with Crippen molar-refractivity contribution in [3.05, 3.63) is 29.8 Å². The number of benzene rings is 1. The summed E-state index contributed by atoms with van der Waals surface area (Å²) >= 11 is 0. The standard InChI is InChI=1S/C13H14F3NO3S/c14-13(15,16)11-3-5-12(6-4-11)21(19,20)17-7-1-2-10(8-17)9-18/h3-6,9-10H,1-2,7-8H2. The largest absolute Gasteiger partial charge is 0.416 e. The van der Waals surface area contributed by atoms with Gasteiger partial charge in [0.15, 0.2) is 0 Å². The van der Waals surface area contributed by atoms with Crippen LogP contribution in [0.5, 0.6) is 0 Å². The molecule has 0 aliphatic carbocycles. The average molecular weight is 321 g/mol. The van der Waals surface area contributed by atoms with Crippen LogP contribution in [0.3, 0.4) is 0 Å². The number of carbonyl (C=O) groups excluding carboxylic acids is 1. The Morgan fingerprint density at radius 2 is 1.81 bits per heavy atom. The van der Waals surface area contributed by atoms with Gasteiger partial charge in [-0.3, -0.25) is 0 Å². The van der Waals surface area contributed by atoms with Crippen molar-refractivity contribution in [1.29, 1.82) is 0 Å². The highest BCUT2D eigenvalue weighted by Gasteiger charge is 2.33. The Kier molecular flexibility index (Phi) is 4.38. The van der Waals surface area contributed by atoms with E-state index in [2.05, 4.69) is 0 Å². The zero-order valence-corrected chi connectivity index (χ0v) is 11.8. The van der Waals surface area contributed by atoms with Crippen LogP contribution >= 0.6 is 0 Å². The molecule has 1 heterocycles. The molecule has 21 heavy (non-hydrogen) atoms. The molecule has 1 aromatic carbocycles. The Hall–Kier alpha value is -1.41. The minimum absolute atomic E-state index is 0.0762. The van der Waals surface area contributed by atoms with E-state index in [1.807, 2.05) is 0 Å². The summed E-state index contributed by atoms with van der Waals surface area (Å²) in [6.07, 6.45) is -2.60. The fourth-order valence-corrected chi connectivity index (χ4v) is 3.80. The zero-order chi connectivity index (χ0) is 15.7. The fraction of sp³-hybridized carbons (Fsp3) is 0.462. The molecule has 0 saturated carbocycles. The molecule has 1 fully saturated rings. The predicted molar refractivity (Wildman–Crippen MR) is 69.0 cm³/mol. The van der Waals surface area contributed by atoms with E-state index in [9.17, 15) is 26.4 Å². The van der Waals surface area contributed by atoms with Crippen molar-refractivity contribution in [2.75, 3.05) is 13.1 Å². The molecule has 4 nitrogen and oxygen atoms in total. The van der Waals surface area contributed by atoms with E-state index in [-0.39, 0.29) is 23.9 Å². The molecule has 1 unspecified atom stereocenters. The fourth-order valence-electron chi connectivity index (χ4n) is 2.27. The number of piperidine rings is 1. The maximum absolute atomic E-state index is 12.5. The van der Waals surface area contributed by atoms with Gasteiger partial charge < -0.3 is 4.79 Å². The molecule has 0 N–H and O–H groups in total. The lowest BCUT2D eigenvalue weighted by Gasteiger charge is -2.29. The quantitative estimate of drug-likeness (QED) is 0.803. The molecule has 0 bridgehead atoms. The van der Waals surface area contributed by atoms with Gasteiger partial charge in [0.25, 0.3) is 0 Å². The van der Waals surface area contributed by atoms with Gasteiger partial charge in [-0.15, -0.1) is 0 Å². The Morgan fingerprint density at radius 3 is 2.33 bits per heavy atom. The van der Waals surface area contributed by atoms with E-state index in [4.69, 9.17) is 0 Å². The molecule has 0 radical (unpaired) electrons. The number of nitrogens with zero attached hydrogens (tertiary/aromatic N) is 1. The van der Waals surface area contributed by atoms with Gasteiger partial charge in [-0.1, -0.05) is 0 Å². The van der Waals surface area contributed by atoms with E-state index in [1.54, 1.807) is 0 Å². The summed E-state index contributed by atoms with van der Waals surface area (Å²) in [6.45, 7) is 0.348. The highest BCUT2D eigenvalue weighted by atomic mass is 32.2. The molecule has 1 aliphatic rings. The number of alkyl halides is 3. The Bertz CT molecular complexity index is 611. The molecule has 0 spiro atoms. The first kappa shape index (κ1) is 16.0. The maximum Gasteiger partial charge on any atom is 0.416 e. The molecule has 1 aromatic rings. The lowest BCUT2D eigenvalue weighted by atomic mass is 10.0. The summed E-state index contributed by atoms with van der Waals surface area (Å²) in [5, 5.41) is 0. The molecule has 116 valence electrons. The van der Waals surface area contributed by atoms with E-state index in [1.165, 1.54) is 0 Å². The average Bonchev–Trinajstić information content (AvgIpc) is 2.46. The van der Waals surface area contributed by atoms with E-state index in [0.717, 1.165) is 28.6 Å². The van der Waals surface area contributed by atoms with Crippen molar-refractivity contribution in [2.45, 2.75) is 23.9 Å². The molecule has 2 rings (SSSR count). The van der Waals surface area contributed by atoms with Crippen LogP contribution in [0.15, 0.2) is 29.2 Å². The summed E-state index contributed by atoms with van der Waals surface area (Å²) in [6, 6.07) is 3.38. The van der Waals surface area contributed by atoms with Crippen LogP contribution in [0.1, 0.15) is 18.4 Å². The van der Waals surface area contributed by atoms with Gasteiger partial charge in [-0.25, -0.2) is 8.42 Å². The van der Waals surface area contributed by atoms with Crippen molar-refractivity contribution < 1.29 is 26.4 Å².